The van der Waals surface area contributed by atoms with Crippen LogP contribution in [-0.4, -0.2) is 31.3 Å². The van der Waals surface area contributed by atoms with Crippen molar-refractivity contribution in [3.63, 3.8) is 0 Å². The van der Waals surface area contributed by atoms with Gasteiger partial charge in [0.05, 0.1) is 0 Å². The van der Waals surface area contributed by atoms with E-state index in [1.54, 1.807) is 19.1 Å². The minimum absolute atomic E-state index is 0.110. The Morgan fingerprint density at radius 3 is 1.59 bits per heavy atom. The quantitative estimate of drug-likeness (QED) is 0.210. The Kier molecular flexibility index (Phi) is 11.1. The highest BCUT2D eigenvalue weighted by molar-refractivity contribution is 7.88. The number of hydrogen-bond acceptors (Lipinski definition) is 12. The van der Waals surface area contributed by atoms with Gasteiger partial charge in [-0.05, 0) is 50.2 Å². The molecule has 0 saturated carbocycles. The summed E-state index contributed by atoms with van der Waals surface area (Å²) < 4.78 is 72.4. The summed E-state index contributed by atoms with van der Waals surface area (Å²) in [5.74, 6) is -0.273. The summed E-state index contributed by atoms with van der Waals surface area (Å²) >= 11 is 0. The third kappa shape index (κ3) is 8.50. The first-order valence-electron chi connectivity index (χ1n) is 9.88. The molecule has 0 spiro atoms. The second-order valence-corrected chi connectivity index (χ2v) is 8.42. The first-order valence-corrected chi connectivity index (χ1v) is 11.3. The Bertz CT molecular complexity index is 1750. The molecule has 0 radical (unpaired) electrons. The summed E-state index contributed by atoms with van der Waals surface area (Å²) in [5.41, 5.74) is -5.07. The van der Waals surface area contributed by atoms with Crippen LogP contribution in [-0.2, 0) is 29.3 Å². The molecule has 0 amide bonds. The summed E-state index contributed by atoms with van der Waals surface area (Å²) in [4.78, 5) is 54.3. The van der Waals surface area contributed by atoms with Gasteiger partial charge in [-0.3, -0.25) is 0 Å². The molecule has 2 heterocycles. The number of hydrogen-bond donors (Lipinski definition) is 1. The zero-order valence-corrected chi connectivity index (χ0v) is 20.4. The number of aryl methyl sites for hydroxylation is 2. The number of aromatic hydroxyl groups is 1. The van der Waals surface area contributed by atoms with Crippen molar-refractivity contribution in [1.82, 2.24) is 0 Å². The normalized spacial score (nSPS) is 10.4. The lowest BCUT2D eigenvalue weighted by molar-refractivity contribution is -0.193. The zero-order chi connectivity index (χ0) is 30.0. The number of rotatable bonds is 2. The van der Waals surface area contributed by atoms with E-state index < -0.39 is 27.0 Å². The number of phenols is 1. The fourth-order valence-electron chi connectivity index (χ4n) is 2.81. The maximum Gasteiger partial charge on any atom is 0.534 e. The van der Waals surface area contributed by atoms with E-state index in [1.807, 2.05) is 0 Å². The molecule has 0 saturated heterocycles. The smallest absolute Gasteiger partial charge is 0.508 e. The van der Waals surface area contributed by atoms with Crippen LogP contribution in [0.5, 0.6) is 11.5 Å². The van der Waals surface area contributed by atoms with Gasteiger partial charge < -0.3 is 18.1 Å². The van der Waals surface area contributed by atoms with Crippen LogP contribution in [0.15, 0.2) is 67.0 Å². The molecule has 4 rings (SSSR count). The standard InChI is InChI=1S/C11H7F3O5S.C10H8O3.2CO2/c1-6-7-2-5-10(15)18-9(7)4-3-8(6)19-20(16,17)11(12,13)14;1-6-7-2-5-10(12)13-9(7)4-3-8(6)11;2*2-1-3/h2-5H,1H3;2-5,11H,1H3;;. The fourth-order valence-corrected chi connectivity index (χ4v) is 3.32. The lowest BCUT2D eigenvalue weighted by Gasteiger charge is -2.12. The van der Waals surface area contributed by atoms with E-state index in [1.165, 1.54) is 25.1 Å². The van der Waals surface area contributed by atoms with E-state index in [4.69, 9.17) is 28.0 Å². The van der Waals surface area contributed by atoms with Crippen LogP contribution in [0.4, 0.5) is 13.2 Å². The van der Waals surface area contributed by atoms with E-state index in [0.29, 0.717) is 5.58 Å². The monoisotopic (exact) mass is 572 g/mol. The molecule has 2 aromatic carbocycles. The first kappa shape index (κ1) is 32.0. The molecule has 39 heavy (non-hydrogen) atoms. The average Bonchev–Trinajstić information content (AvgIpc) is 2.84. The Morgan fingerprint density at radius 1 is 0.744 bits per heavy atom. The highest BCUT2D eigenvalue weighted by Gasteiger charge is 2.48. The molecular formula is C23H15F3O12S. The van der Waals surface area contributed by atoms with E-state index in [2.05, 4.69) is 4.18 Å². The zero-order valence-electron chi connectivity index (χ0n) is 19.6. The highest BCUT2D eigenvalue weighted by Crippen LogP contribution is 2.32. The average molecular weight is 572 g/mol. The van der Waals surface area contributed by atoms with Crippen LogP contribution in [0, 0.1) is 13.8 Å². The van der Waals surface area contributed by atoms with Gasteiger partial charge in [0.1, 0.15) is 22.7 Å². The van der Waals surface area contributed by atoms with E-state index in [9.17, 15) is 36.3 Å². The Balaban J connectivity index is 0.000000342. The number of alkyl halides is 3. The van der Waals surface area contributed by atoms with Crippen molar-refractivity contribution in [3.05, 3.63) is 80.5 Å². The Morgan fingerprint density at radius 2 is 1.15 bits per heavy atom. The third-order valence-electron chi connectivity index (χ3n) is 4.55. The topological polar surface area (TPSA) is 192 Å². The third-order valence-corrected chi connectivity index (χ3v) is 5.51. The van der Waals surface area contributed by atoms with Gasteiger partial charge in [0, 0.05) is 34.0 Å². The van der Waals surface area contributed by atoms with Crippen molar-refractivity contribution in [1.29, 1.82) is 0 Å². The summed E-state index contributed by atoms with van der Waals surface area (Å²) in [6.45, 7) is 3.13. The van der Waals surface area contributed by atoms with Gasteiger partial charge in [-0.2, -0.15) is 40.8 Å². The Labute approximate surface area is 215 Å². The molecule has 206 valence electrons. The first-order chi connectivity index (χ1) is 18.1. The summed E-state index contributed by atoms with van der Waals surface area (Å²) in [6, 6.07) is 10.6. The molecule has 12 nitrogen and oxygen atoms in total. The lowest BCUT2D eigenvalue weighted by atomic mass is 10.1. The minimum Gasteiger partial charge on any atom is -0.508 e. The number of fused-ring (bicyclic) bond motifs is 2. The fraction of sp³-hybridized carbons (Fsp3) is 0.130. The van der Waals surface area contributed by atoms with Crippen LogP contribution in [0.2, 0.25) is 0 Å². The number of phenolic OH excluding ortho intramolecular Hbond substituents is 1. The lowest BCUT2D eigenvalue weighted by Crippen LogP contribution is -2.28. The molecule has 1 N–H and O–H groups in total. The van der Waals surface area contributed by atoms with Crippen LogP contribution in [0.25, 0.3) is 21.9 Å². The molecule has 16 heteroatoms. The van der Waals surface area contributed by atoms with Crippen LogP contribution in [0.1, 0.15) is 11.1 Å². The van der Waals surface area contributed by atoms with Crippen molar-refractivity contribution >= 4 is 44.4 Å². The molecule has 0 fully saturated rings. The van der Waals surface area contributed by atoms with Gasteiger partial charge in [-0.25, -0.2) is 9.59 Å². The molecule has 0 atom stereocenters. The van der Waals surface area contributed by atoms with Gasteiger partial charge in [0.2, 0.25) is 0 Å². The summed E-state index contributed by atoms with van der Waals surface area (Å²) in [7, 11) is -5.74. The number of benzene rings is 2. The van der Waals surface area contributed by atoms with Gasteiger partial charge in [0.25, 0.3) is 0 Å². The van der Waals surface area contributed by atoms with Crippen molar-refractivity contribution in [2.45, 2.75) is 19.4 Å². The van der Waals surface area contributed by atoms with Gasteiger partial charge in [-0.15, -0.1) is 0 Å². The molecular weight excluding hydrogens is 557 g/mol. The predicted molar refractivity (Wildman–Crippen MR) is 122 cm³/mol. The minimum atomic E-state index is -5.74. The van der Waals surface area contributed by atoms with Gasteiger partial charge in [0.15, 0.2) is 0 Å². The van der Waals surface area contributed by atoms with Crippen molar-refractivity contribution < 1.29 is 58.9 Å². The van der Waals surface area contributed by atoms with Crippen molar-refractivity contribution in [2.75, 3.05) is 0 Å². The molecule has 0 aliphatic carbocycles. The molecule has 0 unspecified atom stereocenters. The van der Waals surface area contributed by atoms with Gasteiger partial charge in [-0.1, -0.05) is 0 Å². The largest absolute Gasteiger partial charge is 0.534 e. The second-order valence-electron chi connectivity index (χ2n) is 6.88. The molecule has 0 aliphatic heterocycles. The highest BCUT2D eigenvalue weighted by atomic mass is 32.2. The van der Waals surface area contributed by atoms with Crippen LogP contribution in [0.3, 0.4) is 0 Å². The van der Waals surface area contributed by atoms with Crippen molar-refractivity contribution in [2.24, 2.45) is 0 Å². The molecule has 0 aliphatic rings. The molecule has 2 aromatic heterocycles. The SMILES string of the molecule is Cc1c(O)ccc2oc(=O)ccc12.Cc1c(OS(=O)(=O)C(F)(F)F)ccc2oc(=O)ccc12.O=C=O.O=C=O. The van der Waals surface area contributed by atoms with E-state index in [0.717, 1.165) is 29.1 Å². The maximum atomic E-state index is 12.2. The Hall–Kier alpha value is -5.04. The summed E-state index contributed by atoms with van der Waals surface area (Å²) in [6.07, 6.45) is 0.500. The second kappa shape index (κ2) is 13.5. The maximum absolute atomic E-state index is 12.2. The van der Waals surface area contributed by atoms with Crippen molar-refractivity contribution in [3.8, 4) is 11.5 Å². The van der Waals surface area contributed by atoms with Gasteiger partial charge >= 0.3 is 39.2 Å². The summed E-state index contributed by atoms with van der Waals surface area (Å²) in [5, 5.41) is 10.4. The van der Waals surface area contributed by atoms with E-state index >= 15 is 0 Å². The van der Waals surface area contributed by atoms with E-state index in [-0.39, 0.29) is 40.2 Å². The van der Waals surface area contributed by atoms with Crippen LogP contribution < -0.4 is 15.4 Å². The number of carbonyl (C=O) groups excluding carboxylic acids is 4. The number of halogens is 3. The molecule has 0 bridgehead atoms. The van der Waals surface area contributed by atoms with Crippen LogP contribution >= 0.6 is 0 Å². The predicted octanol–water partition coefficient (Wildman–Crippen LogP) is 2.97. The molecule has 4 aromatic rings.